The number of fused-ring (bicyclic) bond motifs is 1. The van der Waals surface area contributed by atoms with Crippen LogP contribution in [0, 0.1) is 17.2 Å². The largest absolute Gasteiger partial charge is 0.507 e. The summed E-state index contributed by atoms with van der Waals surface area (Å²) in [7, 11) is -4.04. The smallest absolute Gasteiger partial charge is 0.343 e. The molecule has 2 aromatic heterocycles. The van der Waals surface area contributed by atoms with Crippen molar-refractivity contribution in [2.24, 2.45) is 5.92 Å². The molecule has 1 unspecified atom stereocenters. The Bertz CT molecular complexity index is 1620. The fourth-order valence-electron chi connectivity index (χ4n) is 4.16. The van der Waals surface area contributed by atoms with E-state index in [2.05, 4.69) is 9.71 Å². The Morgan fingerprint density at radius 1 is 1.12 bits per heavy atom. The second kappa shape index (κ2) is 8.32. The van der Waals surface area contributed by atoms with E-state index in [1.165, 1.54) is 18.3 Å². The molecular formula is C25H19N3O5S. The first kappa shape index (κ1) is 21.7. The second-order valence-electron chi connectivity index (χ2n) is 8.19. The Labute approximate surface area is 195 Å². The minimum Gasteiger partial charge on any atom is -0.507 e. The van der Waals surface area contributed by atoms with Crippen LogP contribution in [0.1, 0.15) is 35.4 Å². The molecule has 1 fully saturated rings. The molecule has 5 rings (SSSR count). The number of hydrogen-bond donors (Lipinski definition) is 2. The van der Waals surface area contributed by atoms with Crippen LogP contribution in [0.5, 0.6) is 5.75 Å². The van der Waals surface area contributed by atoms with Gasteiger partial charge in [-0.2, -0.15) is 13.7 Å². The predicted octanol–water partition coefficient (Wildman–Crippen LogP) is 4.11. The zero-order valence-corrected chi connectivity index (χ0v) is 18.6. The van der Waals surface area contributed by atoms with E-state index in [0.29, 0.717) is 16.5 Å². The van der Waals surface area contributed by atoms with Crippen LogP contribution >= 0.6 is 0 Å². The van der Waals surface area contributed by atoms with E-state index in [0.717, 1.165) is 12.8 Å². The van der Waals surface area contributed by atoms with E-state index < -0.39 is 21.6 Å². The third kappa shape index (κ3) is 4.00. The molecule has 1 aliphatic carbocycles. The van der Waals surface area contributed by atoms with Crippen LogP contribution in [0.3, 0.4) is 0 Å². The normalized spacial score (nSPS) is 14.4. The Balaban J connectivity index is 1.55. The van der Waals surface area contributed by atoms with E-state index in [-0.39, 0.29) is 33.5 Å². The number of anilines is 1. The number of sulfonamides is 1. The first-order valence-corrected chi connectivity index (χ1v) is 12.1. The first-order chi connectivity index (χ1) is 16.4. The summed E-state index contributed by atoms with van der Waals surface area (Å²) in [5, 5.41) is 20.2. The van der Waals surface area contributed by atoms with Crippen LogP contribution in [-0.2, 0) is 10.0 Å². The maximum absolute atomic E-state index is 12.9. The lowest BCUT2D eigenvalue weighted by Crippen LogP contribution is -2.17. The Hall–Kier alpha value is -4.16. The van der Waals surface area contributed by atoms with Crippen molar-refractivity contribution >= 4 is 26.7 Å². The summed E-state index contributed by atoms with van der Waals surface area (Å²) in [4.78, 5) is 16.7. The zero-order valence-electron chi connectivity index (χ0n) is 17.8. The molecule has 0 aliphatic heterocycles. The van der Waals surface area contributed by atoms with Crippen LogP contribution in [0.2, 0.25) is 0 Å². The minimum atomic E-state index is -4.04. The average Bonchev–Trinajstić information content (AvgIpc) is 3.67. The summed E-state index contributed by atoms with van der Waals surface area (Å²) < 4.78 is 33.6. The summed E-state index contributed by atoms with van der Waals surface area (Å²) in [6, 6.07) is 18.0. The van der Waals surface area contributed by atoms with Gasteiger partial charge in [0, 0.05) is 17.8 Å². The third-order valence-electron chi connectivity index (χ3n) is 5.86. The van der Waals surface area contributed by atoms with Gasteiger partial charge in [-0.05, 0) is 60.7 Å². The van der Waals surface area contributed by atoms with E-state index in [4.69, 9.17) is 9.68 Å². The lowest BCUT2D eigenvalue weighted by atomic mass is 9.86. The van der Waals surface area contributed by atoms with Crippen LogP contribution in [0.25, 0.3) is 11.0 Å². The van der Waals surface area contributed by atoms with Crippen molar-refractivity contribution in [3.8, 4) is 11.8 Å². The highest BCUT2D eigenvalue weighted by molar-refractivity contribution is 7.92. The fraction of sp³-hybridized carbons (Fsp3) is 0.160. The van der Waals surface area contributed by atoms with Gasteiger partial charge >= 0.3 is 5.63 Å². The number of aromatic nitrogens is 1. The fourth-order valence-corrected chi connectivity index (χ4v) is 5.18. The van der Waals surface area contributed by atoms with E-state index in [9.17, 15) is 18.3 Å². The average molecular weight is 474 g/mol. The van der Waals surface area contributed by atoms with Gasteiger partial charge in [-0.15, -0.1) is 0 Å². The summed E-state index contributed by atoms with van der Waals surface area (Å²) in [5.41, 5.74) is 0.992. The van der Waals surface area contributed by atoms with E-state index in [1.807, 2.05) is 6.07 Å². The molecule has 0 radical (unpaired) electrons. The number of rotatable bonds is 6. The molecule has 8 nitrogen and oxygen atoms in total. The number of hydrogen-bond acceptors (Lipinski definition) is 7. The quantitative estimate of drug-likeness (QED) is 0.403. The molecule has 2 N–H and O–H groups in total. The molecule has 0 saturated heterocycles. The van der Waals surface area contributed by atoms with E-state index >= 15 is 0 Å². The van der Waals surface area contributed by atoms with Crippen LogP contribution in [0.4, 0.5) is 5.69 Å². The number of nitrogens with one attached hydrogen (secondary N) is 1. The highest BCUT2D eigenvalue weighted by atomic mass is 32.2. The number of nitriles is 1. The molecule has 9 heteroatoms. The molecule has 1 aliphatic rings. The first-order valence-electron chi connectivity index (χ1n) is 10.6. The topological polar surface area (TPSA) is 133 Å². The maximum atomic E-state index is 12.9. The van der Waals surface area contributed by atoms with Crippen molar-refractivity contribution in [3.63, 3.8) is 0 Å². The summed E-state index contributed by atoms with van der Waals surface area (Å²) in [6.07, 6.45) is 3.00. The molecule has 170 valence electrons. The SMILES string of the molecule is N#Cc1ccnc(S(=O)(=O)Nc2cccc(C(c3c(O)c4ccccc4oc3=O)C3CC3)c2)c1. The molecule has 2 aromatic carbocycles. The molecule has 2 heterocycles. The summed E-state index contributed by atoms with van der Waals surface area (Å²) >= 11 is 0. The van der Waals surface area contributed by atoms with Gasteiger partial charge in [0.1, 0.15) is 11.3 Å². The lowest BCUT2D eigenvalue weighted by Gasteiger charge is -2.19. The van der Waals surface area contributed by atoms with Gasteiger partial charge in [-0.1, -0.05) is 24.3 Å². The molecular weight excluding hydrogens is 454 g/mol. The van der Waals surface area contributed by atoms with Gasteiger partial charge in [-0.25, -0.2) is 9.78 Å². The molecule has 0 amide bonds. The van der Waals surface area contributed by atoms with Gasteiger partial charge in [-0.3, -0.25) is 4.72 Å². The molecule has 0 spiro atoms. The number of para-hydroxylation sites is 1. The molecule has 1 saturated carbocycles. The Morgan fingerprint density at radius 3 is 2.68 bits per heavy atom. The number of pyridine rings is 1. The summed E-state index contributed by atoms with van der Waals surface area (Å²) in [5.74, 6) is -0.451. The highest BCUT2D eigenvalue weighted by Gasteiger charge is 2.38. The predicted molar refractivity (Wildman–Crippen MR) is 125 cm³/mol. The van der Waals surface area contributed by atoms with E-state index in [1.54, 1.807) is 48.5 Å². The zero-order chi connectivity index (χ0) is 23.9. The van der Waals surface area contributed by atoms with Gasteiger partial charge in [0.15, 0.2) is 5.03 Å². The third-order valence-corrected chi connectivity index (χ3v) is 7.14. The Kier molecular flexibility index (Phi) is 5.30. The van der Waals surface area contributed by atoms with Crippen molar-refractivity contribution in [3.05, 3.63) is 94.0 Å². The standard InChI is InChI=1S/C25H19N3O5S/c26-14-15-10-11-27-21(12-15)34(31,32)28-18-5-3-4-17(13-18)22(16-8-9-16)23-24(29)19-6-1-2-7-20(19)33-25(23)30/h1-7,10-13,16,22,28-29H,8-9H2. The van der Waals surface area contributed by atoms with Gasteiger partial charge in [0.05, 0.1) is 22.6 Å². The number of nitrogens with zero attached hydrogens (tertiary/aromatic N) is 2. The van der Waals surface area contributed by atoms with Gasteiger partial charge < -0.3 is 9.52 Å². The van der Waals surface area contributed by atoms with Crippen molar-refractivity contribution in [2.75, 3.05) is 4.72 Å². The summed E-state index contributed by atoms with van der Waals surface area (Å²) in [6.45, 7) is 0. The van der Waals surface area contributed by atoms with Crippen LogP contribution in [-0.4, -0.2) is 18.5 Å². The van der Waals surface area contributed by atoms with Crippen molar-refractivity contribution in [1.82, 2.24) is 4.98 Å². The number of aromatic hydroxyl groups is 1. The van der Waals surface area contributed by atoms with Crippen molar-refractivity contribution in [1.29, 1.82) is 5.26 Å². The lowest BCUT2D eigenvalue weighted by molar-refractivity contribution is 0.446. The minimum absolute atomic E-state index is 0.118. The van der Waals surface area contributed by atoms with Gasteiger partial charge in [0.2, 0.25) is 0 Å². The Morgan fingerprint density at radius 2 is 1.91 bits per heavy atom. The van der Waals surface area contributed by atoms with Crippen LogP contribution in [0.15, 0.2) is 81.1 Å². The van der Waals surface area contributed by atoms with Crippen molar-refractivity contribution in [2.45, 2.75) is 23.8 Å². The number of benzene rings is 2. The van der Waals surface area contributed by atoms with Crippen LogP contribution < -0.4 is 10.3 Å². The monoisotopic (exact) mass is 473 g/mol. The molecule has 4 aromatic rings. The molecule has 34 heavy (non-hydrogen) atoms. The molecule has 0 bridgehead atoms. The highest BCUT2D eigenvalue weighted by Crippen LogP contribution is 2.48. The van der Waals surface area contributed by atoms with Crippen molar-refractivity contribution < 1.29 is 17.9 Å². The second-order valence-corrected chi connectivity index (χ2v) is 9.82. The van der Waals surface area contributed by atoms with Gasteiger partial charge in [0.25, 0.3) is 10.0 Å². The molecule has 1 atom stereocenters. The maximum Gasteiger partial charge on any atom is 0.343 e.